The number of rotatable bonds is 5. The van der Waals surface area contributed by atoms with E-state index in [1.807, 2.05) is 16.8 Å². The summed E-state index contributed by atoms with van der Waals surface area (Å²) in [6.45, 7) is 1.79. The van der Waals surface area contributed by atoms with Gasteiger partial charge in [0.2, 0.25) is 11.8 Å². The van der Waals surface area contributed by atoms with E-state index in [1.54, 1.807) is 18.3 Å². The van der Waals surface area contributed by atoms with Crippen molar-refractivity contribution in [2.75, 3.05) is 0 Å². The van der Waals surface area contributed by atoms with Gasteiger partial charge in [-0.15, -0.1) is 0 Å². The van der Waals surface area contributed by atoms with Gasteiger partial charge in [-0.05, 0) is 37.6 Å². The summed E-state index contributed by atoms with van der Waals surface area (Å²) in [6.07, 6.45) is 1.97. The number of aliphatic carboxylic acids is 1. The van der Waals surface area contributed by atoms with Gasteiger partial charge in [-0.25, -0.2) is 4.98 Å². The van der Waals surface area contributed by atoms with Crippen molar-refractivity contribution < 1.29 is 19.1 Å². The summed E-state index contributed by atoms with van der Waals surface area (Å²) >= 11 is 1.56. The Hall–Kier alpha value is -2.15. The molecule has 6 nitrogen and oxygen atoms in total. The number of hydrogen-bond acceptors (Lipinski definition) is 5. The maximum atomic E-state index is 12.2. The molecule has 1 aliphatic rings. The van der Waals surface area contributed by atoms with Gasteiger partial charge in [-0.2, -0.15) is 11.3 Å². The van der Waals surface area contributed by atoms with Gasteiger partial charge in [0.25, 0.3) is 0 Å². The van der Waals surface area contributed by atoms with Crippen LogP contribution in [-0.2, 0) is 16.0 Å². The summed E-state index contributed by atoms with van der Waals surface area (Å²) in [4.78, 5) is 27.5. The van der Waals surface area contributed by atoms with Crippen LogP contribution >= 0.6 is 11.3 Å². The molecular weight excluding hydrogens is 316 g/mol. The number of amides is 1. The van der Waals surface area contributed by atoms with Crippen LogP contribution < -0.4 is 5.32 Å². The topological polar surface area (TPSA) is 92.4 Å². The molecule has 1 fully saturated rings. The molecule has 2 atom stereocenters. The predicted octanol–water partition coefficient (Wildman–Crippen LogP) is 2.62. The lowest BCUT2D eigenvalue weighted by Crippen LogP contribution is -2.34. The molecule has 0 saturated heterocycles. The predicted molar refractivity (Wildman–Crippen MR) is 85.2 cm³/mol. The van der Waals surface area contributed by atoms with E-state index >= 15 is 0 Å². The van der Waals surface area contributed by atoms with Gasteiger partial charge in [0.05, 0.1) is 18.0 Å². The van der Waals surface area contributed by atoms with E-state index < -0.39 is 5.97 Å². The summed E-state index contributed by atoms with van der Waals surface area (Å²) in [7, 11) is 0. The summed E-state index contributed by atoms with van der Waals surface area (Å²) in [6, 6.07) is 1.86. The smallest absolute Gasteiger partial charge is 0.306 e. The Morgan fingerprint density at radius 2 is 2.30 bits per heavy atom. The van der Waals surface area contributed by atoms with E-state index in [-0.39, 0.29) is 24.3 Å². The first kappa shape index (κ1) is 15.7. The zero-order chi connectivity index (χ0) is 16.4. The third-order valence-corrected chi connectivity index (χ3v) is 4.82. The van der Waals surface area contributed by atoms with Crippen LogP contribution in [0.1, 0.15) is 30.7 Å². The van der Waals surface area contributed by atoms with Gasteiger partial charge in [0, 0.05) is 17.0 Å². The molecule has 1 aliphatic carbocycles. The van der Waals surface area contributed by atoms with Crippen molar-refractivity contribution in [3.05, 3.63) is 28.3 Å². The van der Waals surface area contributed by atoms with Crippen LogP contribution in [0.5, 0.6) is 0 Å². The molecule has 3 rings (SSSR count). The Balaban J connectivity index is 1.59. The molecule has 23 heavy (non-hydrogen) atoms. The number of nitrogens with one attached hydrogen (secondary N) is 1. The van der Waals surface area contributed by atoms with Crippen molar-refractivity contribution in [1.82, 2.24) is 10.3 Å². The molecule has 2 aromatic heterocycles. The van der Waals surface area contributed by atoms with Crippen LogP contribution in [0.15, 0.2) is 21.2 Å². The molecule has 2 N–H and O–H groups in total. The van der Waals surface area contributed by atoms with Crippen LogP contribution in [-0.4, -0.2) is 28.0 Å². The van der Waals surface area contributed by atoms with E-state index in [0.717, 1.165) is 5.56 Å². The maximum Gasteiger partial charge on any atom is 0.306 e. The van der Waals surface area contributed by atoms with E-state index in [0.29, 0.717) is 36.6 Å². The van der Waals surface area contributed by atoms with Crippen LogP contribution in [0.3, 0.4) is 0 Å². The standard InChI is InChI=1S/C16H18N2O4S/c1-9-13(18-15(22-9)11-4-5-23-8-11)7-14(19)17-12-3-2-10(6-12)16(20)21/h4-5,8,10,12H,2-3,6-7H2,1H3,(H,17,19)(H,20,21)/t10-,12+/m1/s1. The van der Waals surface area contributed by atoms with E-state index in [2.05, 4.69) is 10.3 Å². The highest BCUT2D eigenvalue weighted by Crippen LogP contribution is 2.26. The number of aryl methyl sites for hydroxylation is 1. The second-order valence-corrected chi connectivity index (χ2v) is 6.60. The number of nitrogens with zero attached hydrogens (tertiary/aromatic N) is 1. The second-order valence-electron chi connectivity index (χ2n) is 5.82. The van der Waals surface area contributed by atoms with Crippen LogP contribution in [0, 0.1) is 12.8 Å². The molecule has 1 amide bonds. The molecule has 0 radical (unpaired) electrons. The van der Waals surface area contributed by atoms with Crippen molar-refractivity contribution in [2.45, 2.75) is 38.6 Å². The minimum absolute atomic E-state index is 0.0628. The Morgan fingerprint density at radius 3 is 2.96 bits per heavy atom. The van der Waals surface area contributed by atoms with Crippen molar-refractivity contribution >= 4 is 23.2 Å². The fraction of sp³-hybridized carbons (Fsp3) is 0.438. The minimum atomic E-state index is -0.783. The van der Waals surface area contributed by atoms with E-state index in [1.165, 1.54) is 0 Å². The highest BCUT2D eigenvalue weighted by Gasteiger charge is 2.30. The molecule has 0 spiro atoms. The van der Waals surface area contributed by atoms with Crippen LogP contribution in [0.2, 0.25) is 0 Å². The molecule has 122 valence electrons. The lowest BCUT2D eigenvalue weighted by Gasteiger charge is -2.11. The SMILES string of the molecule is Cc1oc(-c2ccsc2)nc1CC(=O)N[C@H]1CC[C@@H](C(=O)O)C1. The fourth-order valence-electron chi connectivity index (χ4n) is 2.87. The van der Waals surface area contributed by atoms with Crippen molar-refractivity contribution in [3.63, 3.8) is 0 Å². The largest absolute Gasteiger partial charge is 0.481 e. The zero-order valence-electron chi connectivity index (χ0n) is 12.7. The number of carbonyl (C=O) groups is 2. The first-order chi connectivity index (χ1) is 11.0. The average molecular weight is 334 g/mol. The third kappa shape index (κ3) is 3.61. The van der Waals surface area contributed by atoms with Gasteiger partial charge in [0.15, 0.2) is 0 Å². The Labute approximate surface area is 137 Å². The molecular formula is C16H18N2O4S. The zero-order valence-corrected chi connectivity index (χ0v) is 13.6. The number of hydrogen-bond donors (Lipinski definition) is 2. The summed E-state index contributed by atoms with van der Waals surface area (Å²) in [5.41, 5.74) is 1.53. The van der Waals surface area contributed by atoms with E-state index in [4.69, 9.17) is 9.52 Å². The summed E-state index contributed by atoms with van der Waals surface area (Å²) in [5.74, 6) is -0.113. The highest BCUT2D eigenvalue weighted by molar-refractivity contribution is 7.08. The van der Waals surface area contributed by atoms with Gasteiger partial charge >= 0.3 is 5.97 Å². The number of carbonyl (C=O) groups excluding carboxylic acids is 1. The molecule has 0 aromatic carbocycles. The molecule has 1 saturated carbocycles. The summed E-state index contributed by atoms with van der Waals surface area (Å²) < 4.78 is 5.62. The van der Waals surface area contributed by atoms with Gasteiger partial charge in [-0.3, -0.25) is 9.59 Å². The lowest BCUT2D eigenvalue weighted by atomic mass is 10.1. The van der Waals surface area contributed by atoms with Crippen molar-refractivity contribution in [1.29, 1.82) is 0 Å². The normalized spacial score (nSPS) is 20.6. The molecule has 2 heterocycles. The number of carboxylic acid groups (broad SMARTS) is 1. The minimum Gasteiger partial charge on any atom is -0.481 e. The summed E-state index contributed by atoms with van der Waals surface area (Å²) in [5, 5.41) is 15.8. The van der Waals surface area contributed by atoms with Crippen molar-refractivity contribution in [3.8, 4) is 11.5 Å². The molecule has 0 bridgehead atoms. The van der Waals surface area contributed by atoms with Gasteiger partial charge in [-0.1, -0.05) is 0 Å². The van der Waals surface area contributed by atoms with Crippen LogP contribution in [0.4, 0.5) is 0 Å². The van der Waals surface area contributed by atoms with E-state index in [9.17, 15) is 9.59 Å². The number of oxazole rings is 1. The fourth-order valence-corrected chi connectivity index (χ4v) is 3.50. The number of carboxylic acids is 1. The second kappa shape index (κ2) is 6.54. The molecule has 0 aliphatic heterocycles. The average Bonchev–Trinajstić information content (AvgIpc) is 3.20. The number of aromatic nitrogens is 1. The van der Waals surface area contributed by atoms with Crippen molar-refractivity contribution in [2.24, 2.45) is 5.92 Å². The molecule has 7 heteroatoms. The first-order valence-corrected chi connectivity index (χ1v) is 8.48. The first-order valence-electron chi connectivity index (χ1n) is 7.54. The molecule has 2 aromatic rings. The third-order valence-electron chi connectivity index (χ3n) is 4.14. The Bertz CT molecular complexity index is 708. The lowest BCUT2D eigenvalue weighted by molar-refractivity contribution is -0.141. The number of thiophene rings is 1. The van der Waals surface area contributed by atoms with Gasteiger partial charge in [0.1, 0.15) is 5.76 Å². The van der Waals surface area contributed by atoms with Crippen LogP contribution in [0.25, 0.3) is 11.5 Å². The maximum absolute atomic E-state index is 12.2. The molecule has 0 unspecified atom stereocenters. The monoisotopic (exact) mass is 334 g/mol. The van der Waals surface area contributed by atoms with Gasteiger partial charge < -0.3 is 14.8 Å². The quantitative estimate of drug-likeness (QED) is 0.877. The highest BCUT2D eigenvalue weighted by atomic mass is 32.1. The Morgan fingerprint density at radius 1 is 1.48 bits per heavy atom. The Kier molecular flexibility index (Phi) is 4.47.